The summed E-state index contributed by atoms with van der Waals surface area (Å²) in [6.07, 6.45) is 0.763. The van der Waals surface area contributed by atoms with E-state index in [4.69, 9.17) is 4.74 Å². The van der Waals surface area contributed by atoms with Crippen LogP contribution in [-0.4, -0.2) is 12.6 Å². The zero-order chi connectivity index (χ0) is 13.5. The Kier molecular flexibility index (Phi) is 5.90. The predicted octanol–water partition coefficient (Wildman–Crippen LogP) is 3.70. The van der Waals surface area contributed by atoms with Crippen molar-refractivity contribution in [2.75, 3.05) is 6.61 Å². The van der Waals surface area contributed by atoms with Gasteiger partial charge in [-0.25, -0.2) is 0 Å². The third-order valence-electron chi connectivity index (χ3n) is 3.57. The summed E-state index contributed by atoms with van der Waals surface area (Å²) in [5.41, 5.74) is 1.20. The van der Waals surface area contributed by atoms with Gasteiger partial charge in [0.15, 0.2) is 0 Å². The van der Waals surface area contributed by atoms with Crippen LogP contribution in [0, 0.1) is 17.8 Å². The summed E-state index contributed by atoms with van der Waals surface area (Å²) < 4.78 is 5.21. The van der Waals surface area contributed by atoms with E-state index in [9.17, 15) is 4.79 Å². The second kappa shape index (κ2) is 7.20. The third kappa shape index (κ3) is 4.17. The van der Waals surface area contributed by atoms with E-state index in [0.29, 0.717) is 18.4 Å². The standard InChI is InChI=1S/C16H24O2/c1-5-18-16(17)15(13(4)12(2)3)11-14-9-7-6-8-10-14/h6-10,12-13,15H,5,11H2,1-4H3/t13-,15-/m1/s1. The van der Waals surface area contributed by atoms with Crippen molar-refractivity contribution in [2.45, 2.75) is 34.1 Å². The Hall–Kier alpha value is -1.31. The molecule has 0 N–H and O–H groups in total. The largest absolute Gasteiger partial charge is 0.466 e. The highest BCUT2D eigenvalue weighted by molar-refractivity contribution is 5.73. The van der Waals surface area contributed by atoms with Crippen LogP contribution in [0.3, 0.4) is 0 Å². The van der Waals surface area contributed by atoms with Crippen molar-refractivity contribution >= 4 is 5.97 Å². The first-order valence-electron chi connectivity index (χ1n) is 6.76. The molecule has 2 heteroatoms. The molecule has 0 aliphatic carbocycles. The molecule has 0 aliphatic rings. The van der Waals surface area contributed by atoms with Crippen molar-refractivity contribution in [3.8, 4) is 0 Å². The van der Waals surface area contributed by atoms with E-state index < -0.39 is 0 Å². The average molecular weight is 248 g/mol. The highest BCUT2D eigenvalue weighted by atomic mass is 16.5. The summed E-state index contributed by atoms with van der Waals surface area (Å²) in [6.45, 7) is 8.76. The van der Waals surface area contributed by atoms with Crippen LogP contribution in [0.4, 0.5) is 0 Å². The summed E-state index contributed by atoms with van der Waals surface area (Å²) in [7, 11) is 0. The Morgan fingerprint density at radius 2 is 1.78 bits per heavy atom. The molecule has 100 valence electrons. The molecule has 0 amide bonds. The van der Waals surface area contributed by atoms with Crippen LogP contribution in [0.1, 0.15) is 33.3 Å². The lowest BCUT2D eigenvalue weighted by atomic mass is 9.81. The Morgan fingerprint density at radius 1 is 1.17 bits per heavy atom. The van der Waals surface area contributed by atoms with Gasteiger partial charge in [-0.1, -0.05) is 51.1 Å². The SMILES string of the molecule is CCOC(=O)[C@H](Cc1ccccc1)[C@H](C)C(C)C. The summed E-state index contributed by atoms with van der Waals surface area (Å²) in [5, 5.41) is 0. The van der Waals surface area contributed by atoms with E-state index in [2.05, 4.69) is 32.9 Å². The van der Waals surface area contributed by atoms with Crippen LogP contribution in [0.25, 0.3) is 0 Å². The molecule has 0 radical (unpaired) electrons. The van der Waals surface area contributed by atoms with Gasteiger partial charge in [-0.2, -0.15) is 0 Å². The minimum Gasteiger partial charge on any atom is -0.466 e. The molecule has 0 bridgehead atoms. The van der Waals surface area contributed by atoms with Gasteiger partial charge in [-0.15, -0.1) is 0 Å². The molecule has 0 spiro atoms. The summed E-state index contributed by atoms with van der Waals surface area (Å²) in [5.74, 6) is 0.683. The van der Waals surface area contributed by atoms with Gasteiger partial charge in [-0.05, 0) is 30.7 Å². The van der Waals surface area contributed by atoms with Gasteiger partial charge in [0.25, 0.3) is 0 Å². The summed E-state index contributed by atoms with van der Waals surface area (Å²) >= 11 is 0. The minimum atomic E-state index is -0.0671. The molecule has 0 unspecified atom stereocenters. The maximum Gasteiger partial charge on any atom is 0.309 e. The van der Waals surface area contributed by atoms with Crippen molar-refractivity contribution in [1.82, 2.24) is 0 Å². The monoisotopic (exact) mass is 248 g/mol. The van der Waals surface area contributed by atoms with Crippen LogP contribution in [0.2, 0.25) is 0 Å². The highest BCUT2D eigenvalue weighted by Gasteiger charge is 2.28. The van der Waals surface area contributed by atoms with E-state index >= 15 is 0 Å². The van der Waals surface area contributed by atoms with Crippen LogP contribution >= 0.6 is 0 Å². The van der Waals surface area contributed by atoms with Crippen molar-refractivity contribution < 1.29 is 9.53 Å². The topological polar surface area (TPSA) is 26.3 Å². The first-order chi connectivity index (χ1) is 8.56. The van der Waals surface area contributed by atoms with Crippen LogP contribution in [0.5, 0.6) is 0 Å². The first kappa shape index (κ1) is 14.7. The molecule has 1 rings (SSSR count). The third-order valence-corrected chi connectivity index (χ3v) is 3.57. The molecule has 2 nitrogen and oxygen atoms in total. The fourth-order valence-corrected chi connectivity index (χ4v) is 2.07. The summed E-state index contributed by atoms with van der Waals surface area (Å²) in [4.78, 5) is 12.1. The number of rotatable bonds is 6. The molecule has 0 aliphatic heterocycles. The van der Waals surface area contributed by atoms with Crippen molar-refractivity contribution in [1.29, 1.82) is 0 Å². The van der Waals surface area contributed by atoms with E-state index in [1.807, 2.05) is 25.1 Å². The molecular weight excluding hydrogens is 224 g/mol. The lowest BCUT2D eigenvalue weighted by Crippen LogP contribution is -2.29. The van der Waals surface area contributed by atoms with Crippen molar-refractivity contribution in [3.63, 3.8) is 0 Å². The summed E-state index contributed by atoms with van der Waals surface area (Å²) in [6, 6.07) is 10.2. The molecule has 0 heterocycles. The smallest absolute Gasteiger partial charge is 0.309 e. The van der Waals surface area contributed by atoms with Gasteiger partial charge in [0.1, 0.15) is 0 Å². The number of benzene rings is 1. The molecule has 0 saturated carbocycles. The number of carbonyl (C=O) groups excluding carboxylic acids is 1. The number of hydrogen-bond donors (Lipinski definition) is 0. The maximum atomic E-state index is 12.1. The molecular formula is C16H24O2. The van der Waals surface area contributed by atoms with Crippen LogP contribution < -0.4 is 0 Å². The molecule has 18 heavy (non-hydrogen) atoms. The second-order valence-corrected chi connectivity index (χ2v) is 5.15. The Bertz CT molecular complexity index is 357. The van der Waals surface area contributed by atoms with E-state index in [0.717, 1.165) is 6.42 Å². The van der Waals surface area contributed by atoms with Crippen LogP contribution in [-0.2, 0) is 16.0 Å². The van der Waals surface area contributed by atoms with Gasteiger partial charge < -0.3 is 4.74 Å². The van der Waals surface area contributed by atoms with Gasteiger partial charge in [0, 0.05) is 0 Å². The number of carbonyl (C=O) groups is 1. The fraction of sp³-hybridized carbons (Fsp3) is 0.562. The first-order valence-corrected chi connectivity index (χ1v) is 6.76. The normalized spacial score (nSPS) is 14.3. The molecule has 1 aromatic carbocycles. The van der Waals surface area contributed by atoms with Gasteiger partial charge in [-0.3, -0.25) is 4.79 Å². The van der Waals surface area contributed by atoms with Crippen molar-refractivity contribution in [3.05, 3.63) is 35.9 Å². The van der Waals surface area contributed by atoms with E-state index in [1.165, 1.54) is 5.56 Å². The number of hydrogen-bond acceptors (Lipinski definition) is 2. The molecule has 1 aromatic rings. The second-order valence-electron chi connectivity index (χ2n) is 5.15. The lowest BCUT2D eigenvalue weighted by Gasteiger charge is -2.25. The van der Waals surface area contributed by atoms with E-state index in [1.54, 1.807) is 0 Å². The zero-order valence-corrected chi connectivity index (χ0v) is 11.8. The van der Waals surface area contributed by atoms with Crippen molar-refractivity contribution in [2.24, 2.45) is 17.8 Å². The Labute approximate surface area is 110 Å². The number of esters is 1. The molecule has 0 saturated heterocycles. The minimum absolute atomic E-state index is 0.0488. The van der Waals surface area contributed by atoms with Gasteiger partial charge in [0.2, 0.25) is 0 Å². The van der Waals surface area contributed by atoms with Gasteiger partial charge in [0.05, 0.1) is 12.5 Å². The predicted molar refractivity (Wildman–Crippen MR) is 74.3 cm³/mol. The van der Waals surface area contributed by atoms with Gasteiger partial charge >= 0.3 is 5.97 Å². The molecule has 0 fully saturated rings. The Balaban J connectivity index is 2.81. The maximum absolute atomic E-state index is 12.1. The number of ether oxygens (including phenoxy) is 1. The lowest BCUT2D eigenvalue weighted by molar-refractivity contribution is -0.150. The molecule has 0 aromatic heterocycles. The van der Waals surface area contributed by atoms with Crippen LogP contribution in [0.15, 0.2) is 30.3 Å². The average Bonchev–Trinajstić information content (AvgIpc) is 2.36. The van der Waals surface area contributed by atoms with E-state index in [-0.39, 0.29) is 11.9 Å². The fourth-order valence-electron chi connectivity index (χ4n) is 2.07. The zero-order valence-electron chi connectivity index (χ0n) is 11.8. The highest BCUT2D eigenvalue weighted by Crippen LogP contribution is 2.25. The quantitative estimate of drug-likeness (QED) is 0.717. The Morgan fingerprint density at radius 3 is 2.28 bits per heavy atom. The molecule has 2 atom stereocenters.